The quantitative estimate of drug-likeness (QED) is 0.562. The van der Waals surface area contributed by atoms with Crippen LogP contribution in [-0.2, 0) is 6.54 Å². The van der Waals surface area contributed by atoms with Crippen LogP contribution in [0.15, 0.2) is 71.9 Å². The van der Waals surface area contributed by atoms with Gasteiger partial charge in [0, 0.05) is 34.9 Å². The summed E-state index contributed by atoms with van der Waals surface area (Å²) in [7, 11) is 1.59. The standard InChI is InChI=1S/C21H18N4O3/c1-28-18-9-5-2-6-14(18)12-25-13-17(19(26)24-21-22-10-11-23-21)15-7-3-4-8-16(15)20(25)27/h2-11,13H,12H2,1H3,(H2,22,23,24,26). The highest BCUT2D eigenvalue weighted by atomic mass is 16.5. The molecule has 28 heavy (non-hydrogen) atoms. The maximum absolute atomic E-state index is 13.0. The summed E-state index contributed by atoms with van der Waals surface area (Å²) < 4.78 is 6.91. The Balaban J connectivity index is 1.82. The maximum atomic E-state index is 13.0. The number of aromatic nitrogens is 3. The third-order valence-electron chi connectivity index (χ3n) is 4.50. The molecule has 0 aliphatic rings. The minimum absolute atomic E-state index is 0.170. The Hall–Kier alpha value is -3.87. The first-order valence-corrected chi connectivity index (χ1v) is 8.72. The van der Waals surface area contributed by atoms with Gasteiger partial charge in [0.2, 0.25) is 5.95 Å². The van der Waals surface area contributed by atoms with E-state index < -0.39 is 0 Å². The van der Waals surface area contributed by atoms with Crippen molar-refractivity contribution in [1.82, 2.24) is 14.5 Å². The molecule has 2 heterocycles. The first-order valence-electron chi connectivity index (χ1n) is 8.72. The number of para-hydroxylation sites is 1. The van der Waals surface area contributed by atoms with Crippen molar-refractivity contribution < 1.29 is 9.53 Å². The summed E-state index contributed by atoms with van der Waals surface area (Å²) in [5.74, 6) is 0.681. The molecule has 2 aromatic carbocycles. The van der Waals surface area contributed by atoms with E-state index in [1.165, 1.54) is 4.57 Å². The smallest absolute Gasteiger partial charge is 0.260 e. The van der Waals surface area contributed by atoms with Crippen molar-refractivity contribution in [1.29, 1.82) is 0 Å². The number of anilines is 1. The maximum Gasteiger partial charge on any atom is 0.260 e. The highest BCUT2D eigenvalue weighted by Crippen LogP contribution is 2.21. The van der Waals surface area contributed by atoms with Crippen LogP contribution in [-0.4, -0.2) is 27.6 Å². The van der Waals surface area contributed by atoms with E-state index in [2.05, 4.69) is 15.3 Å². The van der Waals surface area contributed by atoms with Gasteiger partial charge in [-0.1, -0.05) is 36.4 Å². The molecule has 140 valence electrons. The molecule has 4 aromatic rings. The first kappa shape index (κ1) is 17.5. The molecule has 7 heteroatoms. The Bertz CT molecular complexity index is 1200. The third kappa shape index (κ3) is 3.25. The number of imidazole rings is 1. The van der Waals surface area contributed by atoms with Crippen molar-refractivity contribution in [2.45, 2.75) is 6.54 Å². The van der Waals surface area contributed by atoms with E-state index >= 15 is 0 Å². The van der Waals surface area contributed by atoms with Gasteiger partial charge < -0.3 is 14.3 Å². The molecule has 0 fully saturated rings. The summed E-state index contributed by atoms with van der Waals surface area (Å²) in [4.78, 5) is 32.7. The first-order chi connectivity index (χ1) is 13.7. The van der Waals surface area contributed by atoms with Gasteiger partial charge >= 0.3 is 0 Å². The minimum atomic E-state index is -0.347. The number of benzene rings is 2. The third-order valence-corrected chi connectivity index (χ3v) is 4.50. The molecular weight excluding hydrogens is 356 g/mol. The monoisotopic (exact) mass is 374 g/mol. The lowest BCUT2D eigenvalue weighted by Crippen LogP contribution is -2.24. The van der Waals surface area contributed by atoms with Crippen LogP contribution < -0.4 is 15.6 Å². The fourth-order valence-corrected chi connectivity index (χ4v) is 3.17. The molecule has 0 saturated heterocycles. The second-order valence-corrected chi connectivity index (χ2v) is 6.23. The number of rotatable bonds is 5. The summed E-state index contributed by atoms with van der Waals surface area (Å²) in [6, 6.07) is 14.6. The molecule has 0 radical (unpaired) electrons. The number of nitrogens with one attached hydrogen (secondary N) is 2. The Morgan fingerprint density at radius 2 is 1.89 bits per heavy atom. The summed E-state index contributed by atoms with van der Waals surface area (Å²) in [6.07, 6.45) is 4.75. The van der Waals surface area contributed by atoms with Gasteiger partial charge in [0.25, 0.3) is 11.5 Å². The number of hydrogen-bond donors (Lipinski definition) is 2. The van der Waals surface area contributed by atoms with E-state index in [1.54, 1.807) is 50.0 Å². The number of hydrogen-bond acceptors (Lipinski definition) is 4. The molecule has 0 atom stereocenters. The van der Waals surface area contributed by atoms with Gasteiger partial charge in [0.15, 0.2) is 0 Å². The molecule has 0 aliphatic heterocycles. The van der Waals surface area contributed by atoms with Crippen molar-refractivity contribution in [2.75, 3.05) is 12.4 Å². The molecule has 2 N–H and O–H groups in total. The molecule has 1 amide bonds. The molecule has 7 nitrogen and oxygen atoms in total. The van der Waals surface area contributed by atoms with Crippen LogP contribution in [0.3, 0.4) is 0 Å². The van der Waals surface area contributed by atoms with E-state index in [4.69, 9.17) is 4.74 Å². The predicted molar refractivity (Wildman–Crippen MR) is 107 cm³/mol. The Kier molecular flexibility index (Phi) is 4.63. The number of nitrogens with zero attached hydrogens (tertiary/aromatic N) is 2. The zero-order chi connectivity index (χ0) is 19.5. The van der Waals surface area contributed by atoms with Gasteiger partial charge in [-0.3, -0.25) is 14.9 Å². The SMILES string of the molecule is COc1ccccc1Cn1cc(C(=O)Nc2ncc[nH]2)c2ccccc2c1=O. The van der Waals surface area contributed by atoms with Crippen molar-refractivity contribution >= 4 is 22.6 Å². The van der Waals surface area contributed by atoms with E-state index in [0.717, 1.165) is 5.56 Å². The van der Waals surface area contributed by atoms with Crippen LogP contribution in [0.25, 0.3) is 10.8 Å². The number of amides is 1. The predicted octanol–water partition coefficient (Wildman–Crippen LogP) is 3.03. The van der Waals surface area contributed by atoms with Crippen molar-refractivity contribution in [3.05, 3.63) is 88.6 Å². The molecule has 4 rings (SSSR count). The largest absolute Gasteiger partial charge is 0.496 e. The van der Waals surface area contributed by atoms with Crippen LogP contribution in [0.4, 0.5) is 5.95 Å². The molecule has 0 saturated carbocycles. The molecule has 2 aromatic heterocycles. The van der Waals surface area contributed by atoms with Crippen molar-refractivity contribution in [3.63, 3.8) is 0 Å². The summed E-state index contributed by atoms with van der Waals surface area (Å²) in [5.41, 5.74) is 1.07. The fraction of sp³-hybridized carbons (Fsp3) is 0.0952. The number of ether oxygens (including phenoxy) is 1. The number of aromatic amines is 1. The second-order valence-electron chi connectivity index (χ2n) is 6.23. The summed E-state index contributed by atoms with van der Waals surface area (Å²) in [5, 5.41) is 3.78. The minimum Gasteiger partial charge on any atom is -0.496 e. The average molecular weight is 374 g/mol. The van der Waals surface area contributed by atoms with Gasteiger partial charge in [0.05, 0.1) is 19.2 Å². The fourth-order valence-electron chi connectivity index (χ4n) is 3.17. The Morgan fingerprint density at radius 1 is 1.14 bits per heavy atom. The number of carbonyl (C=O) groups is 1. The van der Waals surface area contributed by atoms with E-state index in [9.17, 15) is 9.59 Å². The van der Waals surface area contributed by atoms with Crippen molar-refractivity contribution in [2.24, 2.45) is 0 Å². The second kappa shape index (κ2) is 7.40. The number of pyridine rings is 1. The molecule has 0 bridgehead atoms. The lowest BCUT2D eigenvalue weighted by molar-refractivity contribution is 0.102. The van der Waals surface area contributed by atoms with Crippen LogP contribution in [0.1, 0.15) is 15.9 Å². The zero-order valence-electron chi connectivity index (χ0n) is 15.2. The zero-order valence-corrected chi connectivity index (χ0v) is 15.2. The normalized spacial score (nSPS) is 10.8. The van der Waals surface area contributed by atoms with E-state index in [0.29, 0.717) is 28.0 Å². The van der Waals surface area contributed by atoms with E-state index in [1.807, 2.05) is 24.3 Å². The lowest BCUT2D eigenvalue weighted by atomic mass is 10.1. The Morgan fingerprint density at radius 3 is 2.64 bits per heavy atom. The van der Waals surface area contributed by atoms with Crippen molar-refractivity contribution in [3.8, 4) is 5.75 Å². The van der Waals surface area contributed by atoms with Crippen LogP contribution >= 0.6 is 0 Å². The highest BCUT2D eigenvalue weighted by molar-refractivity contribution is 6.12. The van der Waals surface area contributed by atoms with Crippen LogP contribution in [0.5, 0.6) is 5.75 Å². The number of carbonyl (C=O) groups excluding carboxylic acids is 1. The summed E-state index contributed by atoms with van der Waals surface area (Å²) in [6.45, 7) is 0.286. The number of methoxy groups -OCH3 is 1. The van der Waals surface area contributed by atoms with Crippen LogP contribution in [0, 0.1) is 0 Å². The topological polar surface area (TPSA) is 89.0 Å². The molecule has 0 aliphatic carbocycles. The van der Waals surface area contributed by atoms with Gasteiger partial charge in [-0.15, -0.1) is 0 Å². The molecule has 0 unspecified atom stereocenters. The van der Waals surface area contributed by atoms with Gasteiger partial charge in [0.1, 0.15) is 5.75 Å². The van der Waals surface area contributed by atoms with Gasteiger partial charge in [-0.05, 0) is 12.1 Å². The molecule has 0 spiro atoms. The van der Waals surface area contributed by atoms with Crippen LogP contribution in [0.2, 0.25) is 0 Å². The molecular formula is C21H18N4O3. The lowest BCUT2D eigenvalue weighted by Gasteiger charge is -2.14. The number of fused-ring (bicyclic) bond motifs is 1. The Labute approximate surface area is 160 Å². The van der Waals surface area contributed by atoms with Gasteiger partial charge in [-0.2, -0.15) is 0 Å². The van der Waals surface area contributed by atoms with E-state index in [-0.39, 0.29) is 18.0 Å². The summed E-state index contributed by atoms with van der Waals surface area (Å²) >= 11 is 0. The number of H-pyrrole nitrogens is 1. The van der Waals surface area contributed by atoms with Gasteiger partial charge in [-0.25, -0.2) is 4.98 Å². The highest BCUT2D eigenvalue weighted by Gasteiger charge is 2.16. The average Bonchev–Trinajstić information content (AvgIpc) is 3.23.